The Morgan fingerprint density at radius 1 is 1.56 bits per heavy atom. The number of aromatic nitrogens is 4. The minimum absolute atomic E-state index is 0.360. The lowest BCUT2D eigenvalue weighted by atomic mass is 10.2. The van der Waals surface area contributed by atoms with Crippen LogP contribution < -0.4 is 0 Å². The van der Waals surface area contributed by atoms with Gasteiger partial charge in [-0.05, 0) is 43.4 Å². The van der Waals surface area contributed by atoms with Gasteiger partial charge in [-0.15, -0.1) is 0 Å². The van der Waals surface area contributed by atoms with E-state index in [9.17, 15) is 0 Å². The molecule has 1 N–H and O–H groups in total. The number of hydrogen-bond acceptors (Lipinski definition) is 4. The lowest BCUT2D eigenvalue weighted by molar-refractivity contribution is 0.657. The molecule has 0 atom stereocenters. The van der Waals surface area contributed by atoms with E-state index in [1.165, 1.54) is 12.8 Å². The molecule has 0 bridgehead atoms. The number of H-pyrrole nitrogens is 1. The Labute approximate surface area is 115 Å². The molecule has 3 rings (SSSR count). The first kappa shape index (κ1) is 11.9. The summed E-state index contributed by atoms with van der Waals surface area (Å²) in [6.07, 6.45) is 8.27. The zero-order valence-corrected chi connectivity index (χ0v) is 11.7. The molecule has 0 amide bonds. The van der Waals surface area contributed by atoms with Gasteiger partial charge in [0.15, 0.2) is 10.6 Å². The van der Waals surface area contributed by atoms with Crippen molar-refractivity contribution in [1.82, 2.24) is 19.7 Å². The van der Waals surface area contributed by atoms with Crippen LogP contribution >= 0.6 is 24.0 Å². The molecular formula is C12H14N4S2. The fraction of sp³-hybridized carbons (Fsp3) is 0.417. The summed E-state index contributed by atoms with van der Waals surface area (Å²) in [5, 5.41) is 7.22. The van der Waals surface area contributed by atoms with Crippen LogP contribution in [0.3, 0.4) is 0 Å². The van der Waals surface area contributed by atoms with Gasteiger partial charge in [0.05, 0.1) is 0 Å². The van der Waals surface area contributed by atoms with Crippen molar-refractivity contribution < 1.29 is 0 Å². The van der Waals surface area contributed by atoms with Crippen molar-refractivity contribution in [2.24, 2.45) is 0 Å². The second-order valence-electron chi connectivity index (χ2n) is 4.57. The molecule has 94 valence electrons. The Bertz CT molecular complexity index is 598. The molecule has 18 heavy (non-hydrogen) atoms. The van der Waals surface area contributed by atoms with E-state index in [1.807, 2.05) is 30.1 Å². The van der Waals surface area contributed by atoms with Crippen molar-refractivity contribution in [1.29, 1.82) is 0 Å². The summed E-state index contributed by atoms with van der Waals surface area (Å²) in [6, 6.07) is 3.92. The highest BCUT2D eigenvalue weighted by Crippen LogP contribution is 2.48. The third kappa shape index (κ3) is 2.10. The fourth-order valence-corrected chi connectivity index (χ4v) is 3.00. The normalized spacial score (nSPS) is 16.7. The first-order valence-corrected chi connectivity index (χ1v) is 7.48. The molecule has 0 unspecified atom stereocenters. The number of nitrogens with one attached hydrogen (secondary N) is 1. The van der Waals surface area contributed by atoms with E-state index in [0.717, 1.165) is 17.9 Å². The zero-order chi connectivity index (χ0) is 12.6. The van der Waals surface area contributed by atoms with Gasteiger partial charge in [-0.3, -0.25) is 14.6 Å². The third-order valence-electron chi connectivity index (χ3n) is 3.36. The molecule has 1 fully saturated rings. The van der Waals surface area contributed by atoms with Crippen LogP contribution in [-0.2, 0) is 6.54 Å². The molecule has 0 aromatic carbocycles. The first-order valence-electron chi connectivity index (χ1n) is 5.85. The van der Waals surface area contributed by atoms with Crippen molar-refractivity contribution in [3.05, 3.63) is 29.3 Å². The third-order valence-corrected chi connectivity index (χ3v) is 5.08. The van der Waals surface area contributed by atoms with E-state index >= 15 is 0 Å². The fourth-order valence-electron chi connectivity index (χ4n) is 2.03. The zero-order valence-electron chi connectivity index (χ0n) is 10.1. The number of pyridine rings is 1. The molecule has 0 radical (unpaired) electrons. The predicted octanol–water partition coefficient (Wildman–Crippen LogP) is 2.90. The van der Waals surface area contributed by atoms with Crippen molar-refractivity contribution >= 4 is 24.0 Å². The van der Waals surface area contributed by atoms with Crippen LogP contribution in [0.1, 0.15) is 12.8 Å². The molecule has 1 aliphatic rings. The van der Waals surface area contributed by atoms with E-state index in [2.05, 4.69) is 26.0 Å². The maximum atomic E-state index is 5.33. The van der Waals surface area contributed by atoms with Gasteiger partial charge >= 0.3 is 0 Å². The molecule has 0 saturated heterocycles. The number of thioether (sulfide) groups is 1. The predicted molar refractivity (Wildman–Crippen MR) is 76.1 cm³/mol. The second kappa shape index (κ2) is 4.51. The molecule has 1 aliphatic carbocycles. The quantitative estimate of drug-likeness (QED) is 0.874. The van der Waals surface area contributed by atoms with Crippen molar-refractivity contribution in [3.63, 3.8) is 0 Å². The summed E-state index contributed by atoms with van der Waals surface area (Å²) in [5.74, 6) is 0.883. The van der Waals surface area contributed by atoms with Crippen LogP contribution in [0.4, 0.5) is 0 Å². The molecule has 1 saturated carbocycles. The van der Waals surface area contributed by atoms with E-state index in [0.29, 0.717) is 9.52 Å². The molecule has 2 aromatic rings. The van der Waals surface area contributed by atoms with Gasteiger partial charge < -0.3 is 0 Å². The van der Waals surface area contributed by atoms with E-state index in [1.54, 1.807) is 6.20 Å². The van der Waals surface area contributed by atoms with Crippen LogP contribution in [-0.4, -0.2) is 30.8 Å². The van der Waals surface area contributed by atoms with Crippen LogP contribution in [0.15, 0.2) is 24.5 Å². The largest absolute Gasteiger partial charge is 0.299 e. The standard InChI is InChI=1S/C12H14N4S2/c1-18-12(4-5-12)8-16-10(14-15-11(16)17)9-3-2-6-13-7-9/h2-3,6-7H,4-5,8H2,1H3,(H,15,17). The lowest BCUT2D eigenvalue weighted by Gasteiger charge is -2.14. The molecule has 6 heteroatoms. The minimum atomic E-state index is 0.360. The average molecular weight is 278 g/mol. The van der Waals surface area contributed by atoms with Crippen LogP contribution in [0.2, 0.25) is 0 Å². The monoisotopic (exact) mass is 278 g/mol. The van der Waals surface area contributed by atoms with Gasteiger partial charge in [-0.25, -0.2) is 0 Å². The summed E-state index contributed by atoms with van der Waals surface area (Å²) in [4.78, 5) is 4.14. The summed E-state index contributed by atoms with van der Waals surface area (Å²) < 4.78 is 3.14. The van der Waals surface area contributed by atoms with Crippen molar-refractivity contribution in [2.75, 3.05) is 6.26 Å². The molecular weight excluding hydrogens is 264 g/mol. The molecule has 0 aliphatic heterocycles. The Morgan fingerprint density at radius 3 is 3.00 bits per heavy atom. The summed E-state index contributed by atoms with van der Waals surface area (Å²) in [6.45, 7) is 0.924. The van der Waals surface area contributed by atoms with Crippen LogP contribution in [0, 0.1) is 4.77 Å². The lowest BCUT2D eigenvalue weighted by Crippen LogP contribution is -2.14. The average Bonchev–Trinajstić information content (AvgIpc) is 3.10. The Kier molecular flexibility index (Phi) is 2.99. The van der Waals surface area contributed by atoms with Crippen molar-refractivity contribution in [3.8, 4) is 11.4 Å². The highest BCUT2D eigenvalue weighted by molar-refractivity contribution is 8.00. The highest BCUT2D eigenvalue weighted by atomic mass is 32.2. The van der Waals surface area contributed by atoms with E-state index in [4.69, 9.17) is 12.2 Å². The number of aromatic amines is 1. The first-order chi connectivity index (χ1) is 8.74. The SMILES string of the molecule is CSC1(Cn2c(-c3cccnc3)n[nH]c2=S)CC1. The molecule has 4 nitrogen and oxygen atoms in total. The molecule has 2 aromatic heterocycles. The van der Waals surface area contributed by atoms with Crippen molar-refractivity contribution in [2.45, 2.75) is 24.1 Å². The number of rotatable bonds is 4. The number of hydrogen-bond donors (Lipinski definition) is 1. The Balaban J connectivity index is 2.00. The van der Waals surface area contributed by atoms with Gasteiger partial charge in [-0.2, -0.15) is 16.9 Å². The second-order valence-corrected chi connectivity index (χ2v) is 6.23. The highest BCUT2D eigenvalue weighted by Gasteiger charge is 2.42. The smallest absolute Gasteiger partial charge is 0.195 e. The summed E-state index contributed by atoms with van der Waals surface area (Å²) in [5.41, 5.74) is 1.00. The Morgan fingerprint density at radius 2 is 2.39 bits per heavy atom. The number of nitrogens with zero attached hydrogens (tertiary/aromatic N) is 3. The van der Waals surface area contributed by atoms with E-state index < -0.39 is 0 Å². The van der Waals surface area contributed by atoms with Crippen LogP contribution in [0.25, 0.3) is 11.4 Å². The maximum Gasteiger partial charge on any atom is 0.195 e. The summed E-state index contributed by atoms with van der Waals surface area (Å²) >= 11 is 7.26. The van der Waals surface area contributed by atoms with Gasteiger partial charge in [0.1, 0.15) is 0 Å². The van der Waals surface area contributed by atoms with Gasteiger partial charge in [0, 0.05) is 29.2 Å². The topological polar surface area (TPSA) is 46.5 Å². The molecule has 2 heterocycles. The Hall–Kier alpha value is -1.14. The van der Waals surface area contributed by atoms with Gasteiger partial charge in [0.25, 0.3) is 0 Å². The van der Waals surface area contributed by atoms with Gasteiger partial charge in [-0.1, -0.05) is 0 Å². The van der Waals surface area contributed by atoms with Crippen LogP contribution in [0.5, 0.6) is 0 Å². The maximum absolute atomic E-state index is 5.33. The van der Waals surface area contributed by atoms with E-state index in [-0.39, 0.29) is 0 Å². The molecule has 0 spiro atoms. The summed E-state index contributed by atoms with van der Waals surface area (Å²) in [7, 11) is 0. The minimum Gasteiger partial charge on any atom is -0.299 e. The van der Waals surface area contributed by atoms with Gasteiger partial charge in [0.2, 0.25) is 0 Å².